The summed E-state index contributed by atoms with van der Waals surface area (Å²) in [6.07, 6.45) is 0.238. The van der Waals surface area contributed by atoms with E-state index in [1.54, 1.807) is 0 Å². The van der Waals surface area contributed by atoms with E-state index in [4.69, 9.17) is 5.11 Å². The molecule has 1 unspecified atom stereocenters. The van der Waals surface area contributed by atoms with Gasteiger partial charge < -0.3 is 15.7 Å². The average Bonchev–Trinajstić information content (AvgIpc) is 2.23. The molecule has 0 bridgehead atoms. The van der Waals surface area contributed by atoms with Crippen LogP contribution in [0.2, 0.25) is 0 Å². The lowest BCUT2D eigenvalue weighted by molar-refractivity contribution is -0.137. The van der Waals surface area contributed by atoms with E-state index in [1.165, 1.54) is 0 Å². The Morgan fingerprint density at radius 2 is 1.68 bits per heavy atom. The Hall–Kier alpha value is -1.59. The van der Waals surface area contributed by atoms with Crippen LogP contribution in [0, 0.1) is 11.8 Å². The zero-order valence-corrected chi connectivity index (χ0v) is 12.0. The lowest BCUT2D eigenvalue weighted by Crippen LogP contribution is -2.50. The minimum absolute atomic E-state index is 0.0547. The van der Waals surface area contributed by atoms with Crippen LogP contribution in [-0.4, -0.2) is 35.5 Å². The highest BCUT2D eigenvalue weighted by atomic mass is 16.4. The van der Waals surface area contributed by atoms with Crippen molar-refractivity contribution in [3.05, 3.63) is 0 Å². The number of carbonyl (C=O) groups excluding carboxylic acids is 2. The van der Waals surface area contributed by atoms with E-state index in [1.807, 2.05) is 27.7 Å². The van der Waals surface area contributed by atoms with Crippen molar-refractivity contribution >= 4 is 17.8 Å². The SMILES string of the molecule is CC(C)CC(=O)NC(C(=O)NCCC(=O)O)C(C)C. The zero-order valence-electron chi connectivity index (χ0n) is 12.0. The molecule has 0 fully saturated rings. The molecule has 0 aromatic rings. The molecule has 0 radical (unpaired) electrons. The Kier molecular flexibility index (Phi) is 7.79. The third-order valence-electron chi connectivity index (χ3n) is 2.50. The molecule has 0 saturated heterocycles. The van der Waals surface area contributed by atoms with Crippen LogP contribution >= 0.6 is 0 Å². The number of rotatable bonds is 8. The molecule has 0 saturated carbocycles. The summed E-state index contributed by atoms with van der Waals surface area (Å²) in [5.74, 6) is -1.30. The highest BCUT2D eigenvalue weighted by Crippen LogP contribution is 2.05. The second-order valence-electron chi connectivity index (χ2n) is 5.32. The predicted octanol–water partition coefficient (Wildman–Crippen LogP) is 0.764. The largest absolute Gasteiger partial charge is 0.481 e. The van der Waals surface area contributed by atoms with Gasteiger partial charge in [-0.15, -0.1) is 0 Å². The Balaban J connectivity index is 4.34. The fourth-order valence-corrected chi connectivity index (χ4v) is 1.54. The second kappa shape index (κ2) is 8.50. The first-order valence-corrected chi connectivity index (χ1v) is 6.52. The number of hydrogen-bond acceptors (Lipinski definition) is 3. The molecule has 19 heavy (non-hydrogen) atoms. The molecular weight excluding hydrogens is 248 g/mol. The Morgan fingerprint density at radius 1 is 1.11 bits per heavy atom. The summed E-state index contributed by atoms with van der Waals surface area (Å²) in [5, 5.41) is 13.7. The van der Waals surface area contributed by atoms with Gasteiger partial charge in [0.2, 0.25) is 11.8 Å². The maximum Gasteiger partial charge on any atom is 0.305 e. The number of hydrogen-bond donors (Lipinski definition) is 3. The van der Waals surface area contributed by atoms with Crippen LogP contribution in [0.15, 0.2) is 0 Å². The number of nitrogens with one attached hydrogen (secondary N) is 2. The molecule has 0 aromatic carbocycles. The quantitative estimate of drug-likeness (QED) is 0.608. The van der Waals surface area contributed by atoms with Crippen molar-refractivity contribution in [1.82, 2.24) is 10.6 Å². The Bertz CT molecular complexity index is 327. The minimum atomic E-state index is -0.967. The van der Waals surface area contributed by atoms with E-state index in [0.29, 0.717) is 6.42 Å². The van der Waals surface area contributed by atoms with E-state index >= 15 is 0 Å². The van der Waals surface area contributed by atoms with Gasteiger partial charge in [-0.3, -0.25) is 14.4 Å². The molecule has 0 aliphatic carbocycles. The second-order valence-corrected chi connectivity index (χ2v) is 5.32. The van der Waals surface area contributed by atoms with E-state index < -0.39 is 12.0 Å². The van der Waals surface area contributed by atoms with Crippen LogP contribution in [-0.2, 0) is 14.4 Å². The van der Waals surface area contributed by atoms with Crippen molar-refractivity contribution < 1.29 is 19.5 Å². The van der Waals surface area contributed by atoms with Crippen molar-refractivity contribution in [2.75, 3.05) is 6.54 Å². The molecule has 1 atom stereocenters. The van der Waals surface area contributed by atoms with Gasteiger partial charge >= 0.3 is 5.97 Å². The van der Waals surface area contributed by atoms with Gasteiger partial charge in [-0.05, 0) is 11.8 Å². The maximum absolute atomic E-state index is 11.9. The van der Waals surface area contributed by atoms with Gasteiger partial charge in [0.25, 0.3) is 0 Å². The average molecular weight is 272 g/mol. The van der Waals surface area contributed by atoms with Crippen LogP contribution in [0.4, 0.5) is 0 Å². The fraction of sp³-hybridized carbons (Fsp3) is 0.769. The first-order valence-electron chi connectivity index (χ1n) is 6.52. The van der Waals surface area contributed by atoms with Gasteiger partial charge in [0.1, 0.15) is 6.04 Å². The van der Waals surface area contributed by atoms with E-state index in [2.05, 4.69) is 10.6 Å². The lowest BCUT2D eigenvalue weighted by atomic mass is 10.0. The molecule has 0 rings (SSSR count). The molecule has 3 N–H and O–H groups in total. The standard InChI is InChI=1S/C13H24N2O4/c1-8(2)7-10(16)15-12(9(3)4)13(19)14-6-5-11(17)18/h8-9,12H,5-7H2,1-4H3,(H,14,19)(H,15,16)(H,17,18). The summed E-state index contributed by atoms with van der Waals surface area (Å²) in [6.45, 7) is 7.58. The van der Waals surface area contributed by atoms with Crippen molar-refractivity contribution in [2.45, 2.75) is 46.6 Å². The third-order valence-corrected chi connectivity index (χ3v) is 2.50. The maximum atomic E-state index is 11.9. The van der Waals surface area contributed by atoms with Crippen molar-refractivity contribution in [3.8, 4) is 0 Å². The number of carbonyl (C=O) groups is 3. The first kappa shape index (κ1) is 17.4. The smallest absolute Gasteiger partial charge is 0.305 e. The van der Waals surface area contributed by atoms with Crippen LogP contribution in [0.1, 0.15) is 40.5 Å². The number of carboxylic acids is 1. The summed E-state index contributed by atoms with van der Waals surface area (Å²) in [7, 11) is 0. The Labute approximate surface area is 113 Å². The molecule has 0 aliphatic rings. The minimum Gasteiger partial charge on any atom is -0.481 e. The van der Waals surface area contributed by atoms with Gasteiger partial charge in [0.15, 0.2) is 0 Å². The molecule has 6 nitrogen and oxygen atoms in total. The summed E-state index contributed by atoms with van der Waals surface area (Å²) in [6, 6.07) is -0.625. The molecule has 0 aromatic heterocycles. The van der Waals surface area contributed by atoms with Gasteiger partial charge in [0.05, 0.1) is 6.42 Å². The van der Waals surface area contributed by atoms with Crippen molar-refractivity contribution in [3.63, 3.8) is 0 Å². The Morgan fingerprint density at radius 3 is 2.11 bits per heavy atom. The topological polar surface area (TPSA) is 95.5 Å². The third kappa shape index (κ3) is 8.18. The number of carboxylic acid groups (broad SMARTS) is 1. The summed E-state index contributed by atoms with van der Waals surface area (Å²) >= 11 is 0. The first-order chi connectivity index (χ1) is 8.73. The molecule has 0 aliphatic heterocycles. The van der Waals surface area contributed by atoms with E-state index in [0.717, 1.165) is 0 Å². The zero-order chi connectivity index (χ0) is 15.0. The highest BCUT2D eigenvalue weighted by molar-refractivity contribution is 5.88. The van der Waals surface area contributed by atoms with Gasteiger partial charge in [-0.25, -0.2) is 0 Å². The normalized spacial score (nSPS) is 12.3. The van der Waals surface area contributed by atoms with Crippen LogP contribution in [0.25, 0.3) is 0 Å². The highest BCUT2D eigenvalue weighted by Gasteiger charge is 2.24. The van der Waals surface area contributed by atoms with E-state index in [-0.39, 0.29) is 36.6 Å². The van der Waals surface area contributed by atoms with Crippen molar-refractivity contribution in [2.24, 2.45) is 11.8 Å². The molecular formula is C13H24N2O4. The van der Waals surface area contributed by atoms with Gasteiger partial charge in [0, 0.05) is 13.0 Å². The van der Waals surface area contributed by atoms with Gasteiger partial charge in [-0.2, -0.15) is 0 Å². The molecule has 0 heterocycles. The number of aliphatic carboxylic acids is 1. The monoisotopic (exact) mass is 272 g/mol. The van der Waals surface area contributed by atoms with Gasteiger partial charge in [-0.1, -0.05) is 27.7 Å². The van der Waals surface area contributed by atoms with Crippen LogP contribution in [0.3, 0.4) is 0 Å². The summed E-state index contributed by atoms with van der Waals surface area (Å²) < 4.78 is 0. The van der Waals surface area contributed by atoms with Crippen molar-refractivity contribution in [1.29, 1.82) is 0 Å². The molecule has 6 heteroatoms. The molecule has 0 spiro atoms. The van der Waals surface area contributed by atoms with Crippen LogP contribution in [0.5, 0.6) is 0 Å². The predicted molar refractivity (Wildman–Crippen MR) is 71.5 cm³/mol. The summed E-state index contributed by atoms with van der Waals surface area (Å²) in [5.41, 5.74) is 0. The molecule has 2 amide bonds. The fourth-order valence-electron chi connectivity index (χ4n) is 1.54. The van der Waals surface area contributed by atoms with E-state index in [9.17, 15) is 14.4 Å². The van der Waals surface area contributed by atoms with Crippen LogP contribution < -0.4 is 10.6 Å². The number of amides is 2. The molecule has 110 valence electrons. The summed E-state index contributed by atoms with van der Waals surface area (Å²) in [4.78, 5) is 33.9. The lowest BCUT2D eigenvalue weighted by Gasteiger charge is -2.22.